The third kappa shape index (κ3) is 1.20. The standard InChI is InChI=1S/C12H10N2O/c15-12-10-5-1-2-6-11(10)13-8-9-4-3-7-14(9)12/h1-3,5-9H,4H2. The average molecular weight is 198 g/mol. The molecule has 0 aliphatic carbocycles. The van der Waals surface area contributed by atoms with E-state index in [9.17, 15) is 4.79 Å². The quantitative estimate of drug-likeness (QED) is 0.628. The highest BCUT2D eigenvalue weighted by Gasteiger charge is 2.28. The summed E-state index contributed by atoms with van der Waals surface area (Å²) in [5, 5.41) is 0. The number of para-hydroxylation sites is 1. The number of fused-ring (bicyclic) bond motifs is 2. The van der Waals surface area contributed by atoms with Crippen LogP contribution in [0.5, 0.6) is 0 Å². The van der Waals surface area contributed by atoms with Crippen LogP contribution in [0.15, 0.2) is 41.5 Å². The predicted molar refractivity (Wildman–Crippen MR) is 58.3 cm³/mol. The number of hydrogen-bond donors (Lipinski definition) is 0. The fourth-order valence-electron chi connectivity index (χ4n) is 1.96. The van der Waals surface area contributed by atoms with E-state index < -0.39 is 0 Å². The molecule has 3 nitrogen and oxygen atoms in total. The highest BCUT2D eigenvalue weighted by molar-refractivity contribution is 6.03. The van der Waals surface area contributed by atoms with Crippen molar-refractivity contribution >= 4 is 17.8 Å². The Hall–Kier alpha value is -1.90. The van der Waals surface area contributed by atoms with Crippen molar-refractivity contribution < 1.29 is 4.79 Å². The summed E-state index contributed by atoms with van der Waals surface area (Å²) in [7, 11) is 0. The smallest absolute Gasteiger partial charge is 0.260 e. The molecule has 1 amide bonds. The number of rotatable bonds is 0. The summed E-state index contributed by atoms with van der Waals surface area (Å²) in [4.78, 5) is 18.2. The molecule has 0 saturated carbocycles. The fourth-order valence-corrected chi connectivity index (χ4v) is 1.96. The van der Waals surface area contributed by atoms with Crippen molar-refractivity contribution in [3.8, 4) is 0 Å². The predicted octanol–water partition coefficient (Wildman–Crippen LogP) is 2.13. The van der Waals surface area contributed by atoms with E-state index in [4.69, 9.17) is 0 Å². The number of nitrogens with zero attached hydrogens (tertiary/aromatic N) is 2. The van der Waals surface area contributed by atoms with E-state index in [1.54, 1.807) is 4.90 Å². The van der Waals surface area contributed by atoms with E-state index in [1.165, 1.54) is 0 Å². The van der Waals surface area contributed by atoms with Crippen LogP contribution >= 0.6 is 0 Å². The van der Waals surface area contributed by atoms with Crippen LogP contribution in [0.3, 0.4) is 0 Å². The van der Waals surface area contributed by atoms with E-state index in [0.29, 0.717) is 5.56 Å². The van der Waals surface area contributed by atoms with Crippen LogP contribution in [0.25, 0.3) is 0 Å². The first kappa shape index (κ1) is 8.41. The molecule has 3 rings (SSSR count). The molecule has 0 saturated heterocycles. The molecule has 1 unspecified atom stereocenters. The van der Waals surface area contributed by atoms with E-state index in [1.807, 2.05) is 42.8 Å². The SMILES string of the molecule is O=C1c2ccccc2N=CC2CC=CN12. The fraction of sp³-hybridized carbons (Fsp3) is 0.167. The maximum Gasteiger partial charge on any atom is 0.260 e. The van der Waals surface area contributed by atoms with Crippen molar-refractivity contribution in [2.24, 2.45) is 4.99 Å². The van der Waals surface area contributed by atoms with Gasteiger partial charge >= 0.3 is 0 Å². The van der Waals surface area contributed by atoms with Gasteiger partial charge in [-0.15, -0.1) is 0 Å². The van der Waals surface area contributed by atoms with Gasteiger partial charge < -0.3 is 4.90 Å². The Morgan fingerprint density at radius 3 is 3.13 bits per heavy atom. The minimum absolute atomic E-state index is 0.0434. The lowest BCUT2D eigenvalue weighted by Crippen LogP contribution is -2.32. The van der Waals surface area contributed by atoms with Crippen LogP contribution in [0, 0.1) is 0 Å². The van der Waals surface area contributed by atoms with Gasteiger partial charge in [0.2, 0.25) is 0 Å². The molecular weight excluding hydrogens is 188 g/mol. The first-order valence-electron chi connectivity index (χ1n) is 4.99. The highest BCUT2D eigenvalue weighted by atomic mass is 16.2. The summed E-state index contributed by atoms with van der Waals surface area (Å²) in [6, 6.07) is 7.56. The summed E-state index contributed by atoms with van der Waals surface area (Å²) < 4.78 is 0. The molecule has 0 N–H and O–H groups in total. The van der Waals surface area contributed by atoms with Crippen molar-refractivity contribution in [1.29, 1.82) is 0 Å². The summed E-state index contributed by atoms with van der Waals surface area (Å²) in [6.07, 6.45) is 6.57. The first-order chi connectivity index (χ1) is 7.36. The molecule has 2 aliphatic heterocycles. The molecule has 1 aromatic carbocycles. The third-order valence-corrected chi connectivity index (χ3v) is 2.76. The Balaban J connectivity index is 2.15. The molecule has 2 aliphatic rings. The van der Waals surface area contributed by atoms with Gasteiger partial charge in [-0.05, 0) is 18.6 Å². The van der Waals surface area contributed by atoms with Crippen molar-refractivity contribution in [2.45, 2.75) is 12.5 Å². The van der Waals surface area contributed by atoms with E-state index >= 15 is 0 Å². The number of aliphatic imine (C=N–C) groups is 1. The third-order valence-electron chi connectivity index (χ3n) is 2.76. The van der Waals surface area contributed by atoms with Crippen LogP contribution in [0.2, 0.25) is 0 Å². The van der Waals surface area contributed by atoms with Crippen molar-refractivity contribution in [3.05, 3.63) is 42.1 Å². The zero-order valence-corrected chi connectivity index (χ0v) is 8.13. The maximum absolute atomic E-state index is 12.1. The molecular formula is C12H10N2O. The molecule has 0 fully saturated rings. The maximum atomic E-state index is 12.1. The van der Waals surface area contributed by atoms with Gasteiger partial charge in [-0.25, -0.2) is 0 Å². The van der Waals surface area contributed by atoms with Gasteiger partial charge in [-0.2, -0.15) is 0 Å². The lowest BCUT2D eigenvalue weighted by atomic mass is 10.1. The van der Waals surface area contributed by atoms with Gasteiger partial charge in [0.15, 0.2) is 0 Å². The summed E-state index contributed by atoms with van der Waals surface area (Å²) in [5.74, 6) is 0.0434. The normalized spacial score (nSPS) is 22.5. The van der Waals surface area contributed by atoms with Gasteiger partial charge in [-0.1, -0.05) is 18.2 Å². The second-order valence-corrected chi connectivity index (χ2v) is 3.70. The highest BCUT2D eigenvalue weighted by Crippen LogP contribution is 2.27. The Morgan fingerprint density at radius 2 is 2.20 bits per heavy atom. The molecule has 3 heteroatoms. The Bertz CT molecular complexity index is 476. The molecule has 0 radical (unpaired) electrons. The Morgan fingerprint density at radius 1 is 1.33 bits per heavy atom. The second-order valence-electron chi connectivity index (χ2n) is 3.70. The van der Waals surface area contributed by atoms with Crippen LogP contribution in [0.1, 0.15) is 16.8 Å². The van der Waals surface area contributed by atoms with Crippen molar-refractivity contribution in [3.63, 3.8) is 0 Å². The van der Waals surface area contributed by atoms with Gasteiger partial charge in [-0.3, -0.25) is 9.79 Å². The Kier molecular flexibility index (Phi) is 1.71. The van der Waals surface area contributed by atoms with Gasteiger partial charge in [0.1, 0.15) is 0 Å². The number of benzene rings is 1. The largest absolute Gasteiger partial charge is 0.307 e. The monoisotopic (exact) mass is 198 g/mol. The first-order valence-corrected chi connectivity index (χ1v) is 4.99. The Labute approximate surface area is 87.7 Å². The number of amides is 1. The van der Waals surface area contributed by atoms with Crippen LogP contribution in [0.4, 0.5) is 5.69 Å². The molecule has 15 heavy (non-hydrogen) atoms. The minimum Gasteiger partial charge on any atom is -0.307 e. The number of carbonyl (C=O) groups excluding carboxylic acids is 1. The number of carbonyl (C=O) groups is 1. The molecule has 0 aromatic heterocycles. The lowest BCUT2D eigenvalue weighted by Gasteiger charge is -2.18. The van der Waals surface area contributed by atoms with Crippen LogP contribution in [-0.4, -0.2) is 23.1 Å². The molecule has 0 spiro atoms. The molecule has 74 valence electrons. The van der Waals surface area contributed by atoms with Gasteiger partial charge in [0.05, 0.1) is 17.3 Å². The lowest BCUT2D eigenvalue weighted by molar-refractivity contribution is 0.0818. The van der Waals surface area contributed by atoms with E-state index in [0.717, 1.165) is 12.1 Å². The number of hydrogen-bond acceptors (Lipinski definition) is 2. The van der Waals surface area contributed by atoms with Gasteiger partial charge in [0.25, 0.3) is 5.91 Å². The van der Waals surface area contributed by atoms with Crippen molar-refractivity contribution in [2.75, 3.05) is 0 Å². The summed E-state index contributed by atoms with van der Waals surface area (Å²) in [5.41, 5.74) is 1.45. The van der Waals surface area contributed by atoms with Crippen LogP contribution in [-0.2, 0) is 0 Å². The van der Waals surface area contributed by atoms with Gasteiger partial charge in [0, 0.05) is 12.4 Å². The molecule has 2 heterocycles. The van der Waals surface area contributed by atoms with E-state index in [-0.39, 0.29) is 11.9 Å². The van der Waals surface area contributed by atoms with Crippen molar-refractivity contribution in [1.82, 2.24) is 4.90 Å². The average Bonchev–Trinajstić information content (AvgIpc) is 2.69. The van der Waals surface area contributed by atoms with Crippen LogP contribution < -0.4 is 0 Å². The second kappa shape index (κ2) is 3.05. The molecule has 1 atom stereocenters. The molecule has 1 aromatic rings. The zero-order valence-electron chi connectivity index (χ0n) is 8.13. The topological polar surface area (TPSA) is 32.7 Å². The van der Waals surface area contributed by atoms with E-state index in [2.05, 4.69) is 4.99 Å². The minimum atomic E-state index is 0.0434. The summed E-state index contributed by atoms with van der Waals surface area (Å²) in [6.45, 7) is 0. The summed E-state index contributed by atoms with van der Waals surface area (Å²) >= 11 is 0. The zero-order chi connectivity index (χ0) is 10.3. The molecule has 0 bridgehead atoms.